The average molecular weight is 204 g/mol. The van der Waals surface area contributed by atoms with E-state index in [9.17, 15) is 0 Å². The molecule has 80 valence electrons. The van der Waals surface area contributed by atoms with Crippen LogP contribution in [0.5, 0.6) is 0 Å². The van der Waals surface area contributed by atoms with Crippen molar-refractivity contribution in [3.8, 4) is 0 Å². The van der Waals surface area contributed by atoms with Gasteiger partial charge >= 0.3 is 0 Å². The summed E-state index contributed by atoms with van der Waals surface area (Å²) < 4.78 is 0. The van der Waals surface area contributed by atoms with Crippen molar-refractivity contribution in [2.75, 3.05) is 12.8 Å². The number of fused-ring (bicyclic) bond motifs is 1. The molecule has 0 bridgehead atoms. The summed E-state index contributed by atoms with van der Waals surface area (Å²) in [4.78, 5) is 11.3. The van der Waals surface area contributed by atoms with Gasteiger partial charge in [-0.2, -0.15) is 0 Å². The van der Waals surface area contributed by atoms with Crippen LogP contribution in [-0.2, 0) is 6.54 Å². The Morgan fingerprint density at radius 3 is 2.73 bits per heavy atom. The average Bonchev–Trinajstić information content (AvgIpc) is 2.99. The van der Waals surface area contributed by atoms with Crippen molar-refractivity contribution in [3.05, 3.63) is 17.1 Å². The van der Waals surface area contributed by atoms with Gasteiger partial charge in [0.2, 0.25) is 0 Å². The van der Waals surface area contributed by atoms with Crippen molar-refractivity contribution in [2.45, 2.75) is 38.3 Å². The minimum atomic E-state index is 0.378. The maximum absolute atomic E-state index is 5.98. The standard InChI is InChI=1S/C11H16N4/c1-6-9-8(5-15(6)2)10(12)14-11(13-9)7-3-4-7/h6-7H,3-5H2,1-2H3,(H2,12,13,14). The lowest BCUT2D eigenvalue weighted by Crippen LogP contribution is -2.13. The van der Waals surface area contributed by atoms with E-state index in [0.717, 1.165) is 23.6 Å². The monoisotopic (exact) mass is 204 g/mol. The summed E-state index contributed by atoms with van der Waals surface area (Å²) >= 11 is 0. The van der Waals surface area contributed by atoms with E-state index in [-0.39, 0.29) is 0 Å². The Bertz CT molecular complexity index is 411. The first-order chi connectivity index (χ1) is 7.16. The third-order valence-corrected chi connectivity index (χ3v) is 3.50. The van der Waals surface area contributed by atoms with Crippen LogP contribution < -0.4 is 5.73 Å². The largest absolute Gasteiger partial charge is 0.383 e. The minimum absolute atomic E-state index is 0.378. The fourth-order valence-corrected chi connectivity index (χ4v) is 2.16. The summed E-state index contributed by atoms with van der Waals surface area (Å²) in [6, 6.07) is 0.378. The zero-order valence-electron chi connectivity index (χ0n) is 9.20. The third kappa shape index (κ3) is 1.32. The normalized spacial score (nSPS) is 25.6. The lowest BCUT2D eigenvalue weighted by atomic mass is 10.2. The molecule has 1 aromatic heterocycles. The van der Waals surface area contributed by atoms with Crippen LogP contribution in [0.3, 0.4) is 0 Å². The molecular weight excluding hydrogens is 188 g/mol. The number of anilines is 1. The molecule has 2 aliphatic rings. The molecule has 1 aliphatic carbocycles. The van der Waals surface area contributed by atoms with Crippen molar-refractivity contribution in [2.24, 2.45) is 0 Å². The van der Waals surface area contributed by atoms with Gasteiger partial charge in [-0.25, -0.2) is 9.97 Å². The summed E-state index contributed by atoms with van der Waals surface area (Å²) in [5.41, 5.74) is 8.26. The molecule has 1 fully saturated rings. The highest BCUT2D eigenvalue weighted by atomic mass is 15.2. The number of hydrogen-bond acceptors (Lipinski definition) is 4. The molecular formula is C11H16N4. The van der Waals surface area contributed by atoms with Gasteiger partial charge in [-0.15, -0.1) is 0 Å². The zero-order valence-corrected chi connectivity index (χ0v) is 9.20. The van der Waals surface area contributed by atoms with Gasteiger partial charge in [-0.3, -0.25) is 4.90 Å². The Morgan fingerprint density at radius 1 is 1.33 bits per heavy atom. The van der Waals surface area contributed by atoms with E-state index in [1.807, 2.05) is 0 Å². The van der Waals surface area contributed by atoms with Crippen LogP contribution in [0, 0.1) is 0 Å². The second-order valence-corrected chi connectivity index (χ2v) is 4.70. The number of nitrogens with zero attached hydrogens (tertiary/aromatic N) is 3. The molecule has 0 aromatic carbocycles. The Kier molecular flexibility index (Phi) is 1.77. The van der Waals surface area contributed by atoms with Crippen molar-refractivity contribution < 1.29 is 0 Å². The molecule has 0 spiro atoms. The molecule has 0 radical (unpaired) electrons. The first-order valence-electron chi connectivity index (χ1n) is 5.53. The van der Waals surface area contributed by atoms with Crippen LogP contribution in [0.15, 0.2) is 0 Å². The van der Waals surface area contributed by atoms with E-state index in [0.29, 0.717) is 17.8 Å². The van der Waals surface area contributed by atoms with Crippen molar-refractivity contribution in [1.82, 2.24) is 14.9 Å². The SMILES string of the molecule is CC1c2nc(C3CC3)nc(N)c2CN1C. The molecule has 1 aliphatic heterocycles. The van der Waals surface area contributed by atoms with E-state index < -0.39 is 0 Å². The summed E-state index contributed by atoms with van der Waals surface area (Å²) in [5, 5.41) is 0. The second-order valence-electron chi connectivity index (χ2n) is 4.70. The van der Waals surface area contributed by atoms with E-state index in [1.54, 1.807) is 0 Å². The number of nitrogen functional groups attached to an aromatic ring is 1. The van der Waals surface area contributed by atoms with Crippen molar-refractivity contribution in [1.29, 1.82) is 0 Å². The van der Waals surface area contributed by atoms with Crippen molar-refractivity contribution in [3.63, 3.8) is 0 Å². The van der Waals surface area contributed by atoms with Crippen molar-refractivity contribution >= 4 is 5.82 Å². The number of aromatic nitrogens is 2. The highest BCUT2D eigenvalue weighted by Gasteiger charge is 2.32. The molecule has 15 heavy (non-hydrogen) atoms. The van der Waals surface area contributed by atoms with E-state index in [2.05, 4.69) is 28.8 Å². The van der Waals surface area contributed by atoms with Crippen LogP contribution in [-0.4, -0.2) is 21.9 Å². The molecule has 3 rings (SSSR count). The maximum Gasteiger partial charge on any atom is 0.134 e. The molecule has 0 amide bonds. The van der Waals surface area contributed by atoms with Crippen LogP contribution in [0.1, 0.15) is 48.8 Å². The van der Waals surface area contributed by atoms with Gasteiger partial charge < -0.3 is 5.73 Å². The summed E-state index contributed by atoms with van der Waals surface area (Å²) in [6.07, 6.45) is 2.45. The Balaban J connectivity index is 2.09. The molecule has 2 heterocycles. The van der Waals surface area contributed by atoms with Crippen LogP contribution in [0.2, 0.25) is 0 Å². The van der Waals surface area contributed by atoms with Crippen LogP contribution in [0.4, 0.5) is 5.82 Å². The first kappa shape index (κ1) is 9.09. The van der Waals surface area contributed by atoms with E-state index >= 15 is 0 Å². The first-order valence-corrected chi connectivity index (χ1v) is 5.53. The molecule has 1 saturated carbocycles. The van der Waals surface area contributed by atoms with E-state index in [1.165, 1.54) is 12.8 Å². The predicted octanol–water partition coefficient (Wildman–Crippen LogP) is 1.44. The van der Waals surface area contributed by atoms with E-state index in [4.69, 9.17) is 5.73 Å². The van der Waals surface area contributed by atoms with Crippen LogP contribution in [0.25, 0.3) is 0 Å². The van der Waals surface area contributed by atoms with Crippen LogP contribution >= 0.6 is 0 Å². The van der Waals surface area contributed by atoms with Gasteiger partial charge in [-0.1, -0.05) is 0 Å². The smallest absolute Gasteiger partial charge is 0.134 e. The highest BCUT2D eigenvalue weighted by Crippen LogP contribution is 2.41. The maximum atomic E-state index is 5.98. The topological polar surface area (TPSA) is 55.0 Å². The number of rotatable bonds is 1. The minimum Gasteiger partial charge on any atom is -0.383 e. The van der Waals surface area contributed by atoms with Gasteiger partial charge in [-0.05, 0) is 26.8 Å². The van der Waals surface area contributed by atoms with Gasteiger partial charge in [0.05, 0.1) is 5.69 Å². The molecule has 4 heteroatoms. The summed E-state index contributed by atoms with van der Waals surface area (Å²) in [7, 11) is 2.10. The second kappa shape index (κ2) is 2.92. The van der Waals surface area contributed by atoms with Gasteiger partial charge in [0, 0.05) is 24.1 Å². The summed E-state index contributed by atoms with van der Waals surface area (Å²) in [6.45, 7) is 3.06. The molecule has 1 aromatic rings. The fourth-order valence-electron chi connectivity index (χ4n) is 2.16. The van der Waals surface area contributed by atoms with Gasteiger partial charge in [0.25, 0.3) is 0 Å². The molecule has 2 N–H and O–H groups in total. The highest BCUT2D eigenvalue weighted by molar-refractivity contribution is 5.46. The fraction of sp³-hybridized carbons (Fsp3) is 0.636. The molecule has 0 saturated heterocycles. The zero-order chi connectivity index (χ0) is 10.6. The van der Waals surface area contributed by atoms with Gasteiger partial charge in [0.1, 0.15) is 11.6 Å². The lowest BCUT2D eigenvalue weighted by Gasteiger charge is -2.13. The molecule has 1 atom stereocenters. The quantitative estimate of drug-likeness (QED) is 0.752. The lowest BCUT2D eigenvalue weighted by molar-refractivity contribution is 0.283. The Labute approximate surface area is 89.5 Å². The number of nitrogens with two attached hydrogens (primary N) is 1. The summed E-state index contributed by atoms with van der Waals surface area (Å²) in [5.74, 6) is 2.24. The third-order valence-electron chi connectivity index (χ3n) is 3.50. The number of hydrogen-bond donors (Lipinski definition) is 1. The Hall–Kier alpha value is -1.16. The molecule has 4 nitrogen and oxygen atoms in total. The Morgan fingerprint density at radius 2 is 2.07 bits per heavy atom. The predicted molar refractivity (Wildman–Crippen MR) is 58.3 cm³/mol. The van der Waals surface area contributed by atoms with Gasteiger partial charge in [0.15, 0.2) is 0 Å². The molecule has 1 unspecified atom stereocenters.